The normalized spacial score (nSPS) is 16.6. The van der Waals surface area contributed by atoms with E-state index in [1.807, 2.05) is 36.6 Å². The molecule has 1 fully saturated rings. The summed E-state index contributed by atoms with van der Waals surface area (Å²) < 4.78 is 15.4. The van der Waals surface area contributed by atoms with Crippen molar-refractivity contribution in [2.75, 3.05) is 12.4 Å². The zero-order chi connectivity index (χ0) is 20.4. The van der Waals surface area contributed by atoms with E-state index >= 15 is 0 Å². The average Bonchev–Trinajstić information content (AvgIpc) is 3.50. The molecule has 154 valence electrons. The van der Waals surface area contributed by atoms with E-state index in [-0.39, 0.29) is 11.9 Å². The highest BCUT2D eigenvalue weighted by Gasteiger charge is 2.22. The Morgan fingerprint density at radius 2 is 2.17 bits per heavy atom. The largest absolute Gasteiger partial charge is 0.461 e. The van der Waals surface area contributed by atoms with E-state index in [1.165, 1.54) is 11.8 Å². The van der Waals surface area contributed by atoms with E-state index in [0.717, 1.165) is 48.1 Å². The zero-order valence-electron chi connectivity index (χ0n) is 17.1. The van der Waals surface area contributed by atoms with Crippen LogP contribution in [-0.2, 0) is 17.8 Å². The Hall–Kier alpha value is -2.32. The molecule has 0 radical (unpaired) electrons. The van der Waals surface area contributed by atoms with Crippen LogP contribution in [0.1, 0.15) is 41.5 Å². The maximum Gasteiger partial charge on any atom is 0.200 e. The maximum atomic E-state index is 12.9. The number of hydrogen-bond acceptors (Lipinski definition) is 6. The molecule has 1 aliphatic heterocycles. The molecular weight excluding hydrogens is 388 g/mol. The highest BCUT2D eigenvalue weighted by Crippen LogP contribution is 2.26. The van der Waals surface area contributed by atoms with Gasteiger partial charge in [-0.3, -0.25) is 9.36 Å². The lowest BCUT2D eigenvalue weighted by Crippen LogP contribution is -2.17. The molecule has 3 aromatic heterocycles. The Labute approximate surface area is 174 Å². The number of furan rings is 1. The van der Waals surface area contributed by atoms with Crippen LogP contribution in [0.5, 0.6) is 0 Å². The van der Waals surface area contributed by atoms with Crippen molar-refractivity contribution in [2.24, 2.45) is 0 Å². The third-order valence-corrected chi connectivity index (χ3v) is 6.36. The fourth-order valence-electron chi connectivity index (χ4n) is 3.83. The molecule has 0 bridgehead atoms. The number of carbonyl (C=O) groups excluding carboxylic acids is 1. The quantitative estimate of drug-likeness (QED) is 0.407. The van der Waals surface area contributed by atoms with Crippen molar-refractivity contribution in [3.05, 3.63) is 41.4 Å². The van der Waals surface area contributed by atoms with Crippen LogP contribution in [0.15, 0.2) is 34.0 Å². The van der Waals surface area contributed by atoms with Gasteiger partial charge in [-0.25, -0.2) is 0 Å². The summed E-state index contributed by atoms with van der Waals surface area (Å²) in [5, 5.41) is 9.23. The summed E-state index contributed by atoms with van der Waals surface area (Å²) in [6.45, 7) is 8.45. The number of carbonyl (C=O) groups is 1. The molecular formula is C21H26N4O3S. The SMILES string of the molecule is CCn1c(SCC(=O)c2cc(C)n(C[C@H]3CCCO3)c2C)nnc1-c1ccco1. The first-order chi connectivity index (χ1) is 14.1. The van der Waals surface area contributed by atoms with Gasteiger partial charge in [0.15, 0.2) is 22.5 Å². The van der Waals surface area contributed by atoms with Crippen LogP contribution < -0.4 is 0 Å². The van der Waals surface area contributed by atoms with Crippen molar-refractivity contribution in [2.45, 2.75) is 58.0 Å². The van der Waals surface area contributed by atoms with Gasteiger partial charge in [0.2, 0.25) is 0 Å². The zero-order valence-corrected chi connectivity index (χ0v) is 17.9. The van der Waals surface area contributed by atoms with Crippen molar-refractivity contribution >= 4 is 17.5 Å². The molecule has 4 rings (SSSR count). The molecule has 29 heavy (non-hydrogen) atoms. The number of nitrogens with zero attached hydrogens (tertiary/aromatic N) is 4. The molecule has 1 saturated heterocycles. The Bertz CT molecular complexity index is 984. The monoisotopic (exact) mass is 414 g/mol. The van der Waals surface area contributed by atoms with E-state index < -0.39 is 0 Å². The number of thioether (sulfide) groups is 1. The molecule has 1 aliphatic rings. The van der Waals surface area contributed by atoms with E-state index in [9.17, 15) is 4.79 Å². The predicted octanol–water partition coefficient (Wildman–Crippen LogP) is 4.13. The van der Waals surface area contributed by atoms with Crippen molar-refractivity contribution in [3.8, 4) is 11.6 Å². The molecule has 0 spiro atoms. The smallest absolute Gasteiger partial charge is 0.200 e. The third kappa shape index (κ3) is 4.04. The molecule has 0 aliphatic carbocycles. The van der Waals surface area contributed by atoms with Gasteiger partial charge in [0, 0.05) is 36.6 Å². The third-order valence-electron chi connectivity index (χ3n) is 5.39. The number of ketones is 1. The second-order valence-corrected chi connectivity index (χ2v) is 8.21. The average molecular weight is 415 g/mol. The van der Waals surface area contributed by atoms with Crippen molar-refractivity contribution in [1.82, 2.24) is 19.3 Å². The van der Waals surface area contributed by atoms with Crippen LogP contribution in [-0.4, -0.2) is 43.6 Å². The topological polar surface area (TPSA) is 75.1 Å². The number of rotatable bonds is 8. The van der Waals surface area contributed by atoms with Crippen LogP contribution in [0.3, 0.4) is 0 Å². The summed E-state index contributed by atoms with van der Waals surface area (Å²) in [5.41, 5.74) is 2.89. The van der Waals surface area contributed by atoms with Crippen LogP contribution in [0.4, 0.5) is 0 Å². The number of Topliss-reactive ketones (excluding diaryl/α,β-unsaturated/α-hetero) is 1. The Kier molecular flexibility index (Phi) is 5.91. The molecule has 0 amide bonds. The molecule has 7 nitrogen and oxygen atoms in total. The van der Waals surface area contributed by atoms with Crippen LogP contribution in [0.2, 0.25) is 0 Å². The van der Waals surface area contributed by atoms with Gasteiger partial charge >= 0.3 is 0 Å². The Morgan fingerprint density at radius 3 is 2.86 bits per heavy atom. The molecule has 0 N–H and O–H groups in total. The second-order valence-electron chi connectivity index (χ2n) is 7.27. The first-order valence-corrected chi connectivity index (χ1v) is 11.0. The lowest BCUT2D eigenvalue weighted by molar-refractivity contribution is 0.0957. The number of hydrogen-bond donors (Lipinski definition) is 0. The van der Waals surface area contributed by atoms with Gasteiger partial charge in [0.1, 0.15) is 0 Å². The molecule has 1 atom stereocenters. The van der Waals surface area contributed by atoms with Gasteiger partial charge in [-0.1, -0.05) is 11.8 Å². The summed E-state index contributed by atoms with van der Waals surface area (Å²) in [5.74, 6) is 1.78. The standard InChI is InChI=1S/C21H26N4O3S/c1-4-24-20(19-8-6-10-28-19)22-23-21(24)29-13-18(26)17-11-14(2)25(15(17)3)12-16-7-5-9-27-16/h6,8,10-11,16H,4-5,7,9,12-13H2,1-3H3/t16-/m1/s1. The summed E-state index contributed by atoms with van der Waals surface area (Å²) in [6, 6.07) is 5.68. The van der Waals surface area contributed by atoms with Crippen molar-refractivity contribution in [1.29, 1.82) is 0 Å². The van der Waals surface area contributed by atoms with E-state index in [2.05, 4.69) is 21.7 Å². The minimum absolute atomic E-state index is 0.104. The minimum Gasteiger partial charge on any atom is -0.461 e. The van der Waals surface area contributed by atoms with Crippen LogP contribution >= 0.6 is 11.8 Å². The van der Waals surface area contributed by atoms with Gasteiger partial charge < -0.3 is 13.7 Å². The van der Waals surface area contributed by atoms with Gasteiger partial charge in [0.05, 0.1) is 18.1 Å². The fourth-order valence-corrected chi connectivity index (χ4v) is 4.72. The lowest BCUT2D eigenvalue weighted by atomic mass is 10.2. The highest BCUT2D eigenvalue weighted by atomic mass is 32.2. The molecule has 3 aromatic rings. The molecule has 0 unspecified atom stereocenters. The molecule has 0 saturated carbocycles. The van der Waals surface area contributed by atoms with E-state index in [0.29, 0.717) is 23.9 Å². The first kappa shape index (κ1) is 20.0. The van der Waals surface area contributed by atoms with Crippen LogP contribution in [0, 0.1) is 13.8 Å². The fraction of sp³-hybridized carbons (Fsp3) is 0.476. The van der Waals surface area contributed by atoms with Gasteiger partial charge in [-0.2, -0.15) is 0 Å². The number of aromatic nitrogens is 4. The summed E-state index contributed by atoms with van der Waals surface area (Å²) in [7, 11) is 0. The first-order valence-electron chi connectivity index (χ1n) is 10.00. The van der Waals surface area contributed by atoms with Gasteiger partial charge in [0.25, 0.3) is 0 Å². The van der Waals surface area contributed by atoms with Crippen LogP contribution in [0.25, 0.3) is 11.6 Å². The minimum atomic E-state index is 0.104. The Morgan fingerprint density at radius 1 is 1.31 bits per heavy atom. The number of ether oxygens (including phenoxy) is 1. The van der Waals surface area contributed by atoms with Gasteiger partial charge in [-0.15, -0.1) is 10.2 Å². The van der Waals surface area contributed by atoms with Gasteiger partial charge in [-0.05, 0) is 51.8 Å². The lowest BCUT2D eigenvalue weighted by Gasteiger charge is -2.14. The van der Waals surface area contributed by atoms with Crippen molar-refractivity contribution < 1.29 is 13.9 Å². The molecule has 0 aromatic carbocycles. The summed E-state index contributed by atoms with van der Waals surface area (Å²) in [4.78, 5) is 12.9. The predicted molar refractivity (Wildman–Crippen MR) is 111 cm³/mol. The summed E-state index contributed by atoms with van der Waals surface area (Å²) in [6.07, 6.45) is 4.07. The Balaban J connectivity index is 1.46. The van der Waals surface area contributed by atoms with E-state index in [1.54, 1.807) is 6.26 Å². The van der Waals surface area contributed by atoms with E-state index in [4.69, 9.17) is 9.15 Å². The summed E-state index contributed by atoms with van der Waals surface area (Å²) >= 11 is 1.41. The number of aryl methyl sites for hydroxylation is 1. The maximum absolute atomic E-state index is 12.9. The highest BCUT2D eigenvalue weighted by molar-refractivity contribution is 7.99. The second kappa shape index (κ2) is 8.59. The molecule has 8 heteroatoms. The molecule has 4 heterocycles. The van der Waals surface area contributed by atoms with Crippen molar-refractivity contribution in [3.63, 3.8) is 0 Å².